The van der Waals surface area contributed by atoms with Gasteiger partial charge in [-0.3, -0.25) is 4.79 Å². The first kappa shape index (κ1) is 33.9. The van der Waals surface area contributed by atoms with E-state index in [1.165, 1.54) is 31.6 Å². The Morgan fingerprint density at radius 2 is 2.00 bits per heavy atom. The number of furan rings is 1. The van der Waals surface area contributed by atoms with Crippen LogP contribution in [0.1, 0.15) is 24.8 Å². The van der Waals surface area contributed by atoms with Crippen molar-refractivity contribution in [3.8, 4) is 23.2 Å². The number of nitrogens with zero attached hydrogens (tertiary/aromatic N) is 6. The first-order valence-corrected chi connectivity index (χ1v) is 15.8. The van der Waals surface area contributed by atoms with E-state index >= 15 is 0 Å². The van der Waals surface area contributed by atoms with Gasteiger partial charge >= 0.3 is 12.2 Å². The molecule has 258 valence electrons. The number of nitrogens with two attached hydrogens (primary N) is 1. The van der Waals surface area contributed by atoms with Crippen molar-refractivity contribution in [3.05, 3.63) is 54.1 Å². The second-order valence-corrected chi connectivity index (χ2v) is 12.2. The maximum Gasteiger partial charge on any atom is 0.419 e. The number of likely N-dealkylation sites (N-methyl/N-ethyl adjacent to an activating group) is 1. The molecule has 2 saturated heterocycles. The third-order valence-electron chi connectivity index (χ3n) is 9.04. The van der Waals surface area contributed by atoms with Crippen molar-refractivity contribution in [2.24, 2.45) is 0 Å². The SMILES string of the molecule is COC/C=C/C(=O)N1CCN(c2nc(OC[C@@H]3CCCN3C)nc3cc(-c4cc(N)cc(F)c4C(F)(F)F)c4ccoc4c23)C[C@@H]1CC#N. The summed E-state index contributed by atoms with van der Waals surface area (Å²) < 4.78 is 74.8. The van der Waals surface area contributed by atoms with Gasteiger partial charge in [0.05, 0.1) is 47.9 Å². The molecular formula is C34H35F4N7O4. The van der Waals surface area contributed by atoms with E-state index in [0.717, 1.165) is 25.5 Å². The van der Waals surface area contributed by atoms with E-state index in [4.69, 9.17) is 24.6 Å². The number of aromatic nitrogens is 2. The fraction of sp³-hybridized carbons (Fsp3) is 0.412. The number of anilines is 2. The summed E-state index contributed by atoms with van der Waals surface area (Å²) in [5, 5.41) is 10.3. The average molecular weight is 682 g/mol. The van der Waals surface area contributed by atoms with E-state index in [1.54, 1.807) is 11.0 Å². The predicted molar refractivity (Wildman–Crippen MR) is 174 cm³/mol. The molecule has 0 saturated carbocycles. The summed E-state index contributed by atoms with van der Waals surface area (Å²) in [5.41, 5.74) is 4.14. The van der Waals surface area contributed by atoms with Crippen LogP contribution in [0.3, 0.4) is 0 Å². The van der Waals surface area contributed by atoms with E-state index in [-0.39, 0.29) is 78.4 Å². The summed E-state index contributed by atoms with van der Waals surface area (Å²) in [7, 11) is 3.51. The van der Waals surface area contributed by atoms with E-state index < -0.39 is 29.2 Å². The van der Waals surface area contributed by atoms with Crippen LogP contribution in [0.4, 0.5) is 29.1 Å². The minimum absolute atomic E-state index is 0.00713. The van der Waals surface area contributed by atoms with Crippen molar-refractivity contribution in [1.82, 2.24) is 19.8 Å². The predicted octanol–water partition coefficient (Wildman–Crippen LogP) is 5.39. The van der Waals surface area contributed by atoms with Crippen LogP contribution in [0.15, 0.2) is 47.1 Å². The average Bonchev–Trinajstić information content (AvgIpc) is 3.71. The second kappa shape index (κ2) is 13.9. The molecule has 2 atom stereocenters. The summed E-state index contributed by atoms with van der Waals surface area (Å²) in [6, 6.07) is 6.42. The Kier molecular flexibility index (Phi) is 9.62. The van der Waals surface area contributed by atoms with Gasteiger partial charge in [-0.25, -0.2) is 4.39 Å². The molecular weight excluding hydrogens is 646 g/mol. The van der Waals surface area contributed by atoms with Gasteiger partial charge in [-0.2, -0.15) is 28.4 Å². The maximum atomic E-state index is 14.9. The Morgan fingerprint density at radius 1 is 1.18 bits per heavy atom. The molecule has 15 heteroatoms. The Bertz CT molecular complexity index is 1940. The highest BCUT2D eigenvalue weighted by Crippen LogP contribution is 2.45. The monoisotopic (exact) mass is 681 g/mol. The van der Waals surface area contributed by atoms with Crippen molar-refractivity contribution < 1.29 is 36.2 Å². The molecule has 2 N–H and O–H groups in total. The number of amides is 1. The Balaban J connectivity index is 1.50. The standard InChI is InChI=1S/C34H35F4N7O4/c1-43-10-3-5-22(43)19-49-33-41-27-17-24(25-15-20(40)16-26(35)30(25)34(36,37)38)23-8-14-48-31(23)29(27)32(42-33)44-11-12-45(21(18-44)7-9-39)28(46)6-4-13-47-2/h4,6,8,14-17,21-22H,3,5,7,10-13,18-19,40H2,1-2H3/b6-4+/t21-,22-/m0/s1. The van der Waals surface area contributed by atoms with Crippen molar-refractivity contribution in [3.63, 3.8) is 0 Å². The highest BCUT2D eigenvalue weighted by molar-refractivity contribution is 6.14. The van der Waals surface area contributed by atoms with Crippen molar-refractivity contribution in [2.45, 2.75) is 37.5 Å². The highest BCUT2D eigenvalue weighted by Gasteiger charge is 2.39. The summed E-state index contributed by atoms with van der Waals surface area (Å²) in [5.74, 6) is -1.39. The number of alkyl halides is 3. The van der Waals surface area contributed by atoms with Gasteiger partial charge in [0.2, 0.25) is 5.91 Å². The Labute approximate surface area is 279 Å². The lowest BCUT2D eigenvalue weighted by atomic mass is 9.94. The number of ether oxygens (including phenoxy) is 2. The number of rotatable bonds is 9. The molecule has 2 aliphatic rings. The van der Waals surface area contributed by atoms with Gasteiger partial charge in [-0.15, -0.1) is 0 Å². The van der Waals surface area contributed by atoms with Crippen LogP contribution in [0.25, 0.3) is 33.0 Å². The third kappa shape index (κ3) is 6.83. The minimum atomic E-state index is -5.03. The molecule has 0 aliphatic carbocycles. The van der Waals surface area contributed by atoms with Gasteiger partial charge in [-0.1, -0.05) is 6.08 Å². The molecule has 2 aromatic heterocycles. The number of hydrogen-bond donors (Lipinski definition) is 1. The highest BCUT2D eigenvalue weighted by atomic mass is 19.4. The number of carbonyl (C=O) groups is 1. The largest absolute Gasteiger partial charge is 0.463 e. The van der Waals surface area contributed by atoms with Gasteiger partial charge in [0.1, 0.15) is 23.8 Å². The lowest BCUT2D eigenvalue weighted by Crippen LogP contribution is -2.55. The third-order valence-corrected chi connectivity index (χ3v) is 9.04. The van der Waals surface area contributed by atoms with Crippen LogP contribution in [-0.4, -0.2) is 91.3 Å². The first-order valence-electron chi connectivity index (χ1n) is 15.8. The van der Waals surface area contributed by atoms with Crippen molar-refractivity contribution >= 4 is 39.3 Å². The Hall–Kier alpha value is -4.94. The van der Waals surface area contributed by atoms with E-state index in [1.807, 2.05) is 11.9 Å². The fourth-order valence-electron chi connectivity index (χ4n) is 6.66. The molecule has 2 aromatic carbocycles. The quantitative estimate of drug-likeness (QED) is 0.139. The molecule has 6 rings (SSSR count). The van der Waals surface area contributed by atoms with Gasteiger partial charge in [0, 0.05) is 49.9 Å². The molecule has 0 radical (unpaired) electrons. The van der Waals surface area contributed by atoms with Gasteiger partial charge in [0.25, 0.3) is 0 Å². The summed E-state index contributed by atoms with van der Waals surface area (Å²) in [6.07, 6.45) is 1.29. The number of halogens is 4. The van der Waals surface area contributed by atoms with Crippen LogP contribution >= 0.6 is 0 Å². The lowest BCUT2D eigenvalue weighted by Gasteiger charge is -2.41. The first-order chi connectivity index (χ1) is 23.5. The zero-order valence-corrected chi connectivity index (χ0v) is 27.0. The number of nitrogen functional groups attached to an aromatic ring is 1. The van der Waals surface area contributed by atoms with E-state index in [2.05, 4.69) is 16.0 Å². The van der Waals surface area contributed by atoms with E-state index in [0.29, 0.717) is 23.8 Å². The molecule has 49 heavy (non-hydrogen) atoms. The summed E-state index contributed by atoms with van der Waals surface area (Å²) in [6.45, 7) is 2.24. The number of benzene rings is 2. The minimum Gasteiger partial charge on any atom is -0.463 e. The fourth-order valence-corrected chi connectivity index (χ4v) is 6.66. The van der Waals surface area contributed by atoms with Crippen LogP contribution in [-0.2, 0) is 15.7 Å². The second-order valence-electron chi connectivity index (χ2n) is 12.2. The summed E-state index contributed by atoms with van der Waals surface area (Å²) in [4.78, 5) is 28.1. The maximum absolute atomic E-state index is 14.9. The molecule has 2 fully saturated rings. The molecule has 0 unspecified atom stereocenters. The number of piperazine rings is 1. The number of hydrogen-bond acceptors (Lipinski definition) is 10. The van der Waals surface area contributed by atoms with Crippen LogP contribution in [0, 0.1) is 17.1 Å². The lowest BCUT2D eigenvalue weighted by molar-refractivity contribution is -0.139. The van der Waals surface area contributed by atoms with Crippen LogP contribution in [0.2, 0.25) is 0 Å². The zero-order valence-electron chi connectivity index (χ0n) is 27.0. The molecule has 1 amide bonds. The van der Waals surface area contributed by atoms with Crippen molar-refractivity contribution in [1.29, 1.82) is 5.26 Å². The number of carbonyl (C=O) groups excluding carboxylic acids is 1. The zero-order chi connectivity index (χ0) is 34.9. The molecule has 11 nitrogen and oxygen atoms in total. The number of methoxy groups -OCH3 is 1. The molecule has 4 heterocycles. The smallest absolute Gasteiger partial charge is 0.419 e. The van der Waals surface area contributed by atoms with E-state index in [9.17, 15) is 27.6 Å². The van der Waals surface area contributed by atoms with Crippen LogP contribution in [0.5, 0.6) is 6.01 Å². The van der Waals surface area contributed by atoms with Crippen LogP contribution < -0.4 is 15.4 Å². The van der Waals surface area contributed by atoms with Crippen molar-refractivity contribution in [2.75, 3.05) is 64.2 Å². The van der Waals surface area contributed by atoms with Gasteiger partial charge < -0.3 is 34.3 Å². The number of nitriles is 1. The Morgan fingerprint density at radius 3 is 2.71 bits per heavy atom. The van der Waals surface area contributed by atoms with Gasteiger partial charge in [-0.05, 0) is 61.8 Å². The molecule has 0 spiro atoms. The molecule has 0 bridgehead atoms. The molecule has 2 aliphatic heterocycles. The normalized spacial score (nSPS) is 19.0. The molecule has 4 aromatic rings. The number of likely N-dealkylation sites (tertiary alicyclic amines) is 1. The van der Waals surface area contributed by atoms with Gasteiger partial charge in [0.15, 0.2) is 0 Å². The number of fused-ring (bicyclic) bond motifs is 3. The topological polar surface area (TPSA) is 134 Å². The summed E-state index contributed by atoms with van der Waals surface area (Å²) >= 11 is 0.